The van der Waals surface area contributed by atoms with Crippen molar-refractivity contribution in [3.05, 3.63) is 0 Å². The molecule has 1 heterocycles. The molecule has 0 radical (unpaired) electrons. The Bertz CT molecular complexity index is 378. The number of hydrogen-bond donors (Lipinski definition) is 2. The number of nitrogens with zero attached hydrogens (tertiary/aromatic N) is 1. The molecule has 0 aromatic carbocycles. The predicted molar refractivity (Wildman–Crippen MR) is 75.6 cm³/mol. The minimum atomic E-state index is -3.18. The third-order valence-electron chi connectivity index (χ3n) is 3.39. The number of piperidine rings is 1. The molecular weight excluding hydrogens is 266 g/mol. The van der Waals surface area contributed by atoms with Crippen LogP contribution in [0.25, 0.3) is 0 Å². The molecule has 1 amide bonds. The Kier molecular flexibility index (Phi) is 6.74. The lowest BCUT2D eigenvalue weighted by Gasteiger charge is -2.28. The predicted octanol–water partition coefficient (Wildman–Crippen LogP) is -0.649. The highest BCUT2D eigenvalue weighted by Crippen LogP contribution is 2.08. The van der Waals surface area contributed by atoms with Crippen molar-refractivity contribution in [2.24, 2.45) is 5.73 Å². The molecule has 1 saturated heterocycles. The Morgan fingerprint density at radius 3 is 2.68 bits per heavy atom. The van der Waals surface area contributed by atoms with Crippen LogP contribution in [0.2, 0.25) is 0 Å². The summed E-state index contributed by atoms with van der Waals surface area (Å²) in [5, 5.41) is 3.43. The summed E-state index contributed by atoms with van der Waals surface area (Å²) in [4.78, 5) is 12.6. The van der Waals surface area contributed by atoms with E-state index < -0.39 is 15.7 Å². The molecule has 0 aromatic rings. The van der Waals surface area contributed by atoms with Crippen LogP contribution in [-0.4, -0.2) is 63.5 Å². The van der Waals surface area contributed by atoms with Gasteiger partial charge in [0.1, 0.15) is 0 Å². The molecule has 3 N–H and O–H groups in total. The SMILES string of the molecule is CN(CCS(=O)(=O)CCC(N)=O)CC1CCCCN1. The monoisotopic (exact) mass is 291 g/mol. The average Bonchev–Trinajstić information content (AvgIpc) is 2.36. The third-order valence-corrected chi connectivity index (χ3v) is 5.02. The quantitative estimate of drug-likeness (QED) is 0.620. The molecule has 0 aromatic heterocycles. The van der Waals surface area contributed by atoms with Gasteiger partial charge in [-0.25, -0.2) is 8.42 Å². The highest BCUT2D eigenvalue weighted by atomic mass is 32.2. The molecule has 1 aliphatic heterocycles. The lowest BCUT2D eigenvalue weighted by Crippen LogP contribution is -2.43. The van der Waals surface area contributed by atoms with E-state index >= 15 is 0 Å². The van der Waals surface area contributed by atoms with E-state index in [1.165, 1.54) is 12.8 Å². The number of hydrogen-bond acceptors (Lipinski definition) is 5. The first-order chi connectivity index (χ1) is 8.89. The second kappa shape index (κ2) is 7.81. The Labute approximate surface area is 115 Å². The van der Waals surface area contributed by atoms with E-state index in [1.54, 1.807) is 0 Å². The Morgan fingerprint density at radius 2 is 2.11 bits per heavy atom. The van der Waals surface area contributed by atoms with Crippen molar-refractivity contribution in [1.29, 1.82) is 0 Å². The first kappa shape index (κ1) is 16.4. The summed E-state index contributed by atoms with van der Waals surface area (Å²) in [6, 6.07) is 0.465. The van der Waals surface area contributed by atoms with Gasteiger partial charge in [-0.2, -0.15) is 0 Å². The summed E-state index contributed by atoms with van der Waals surface area (Å²) >= 11 is 0. The minimum absolute atomic E-state index is 0.0868. The highest BCUT2D eigenvalue weighted by Gasteiger charge is 2.17. The first-order valence-electron chi connectivity index (χ1n) is 6.80. The number of carbonyl (C=O) groups excluding carboxylic acids is 1. The van der Waals surface area contributed by atoms with Crippen molar-refractivity contribution < 1.29 is 13.2 Å². The molecule has 0 saturated carbocycles. The summed E-state index contributed by atoms with van der Waals surface area (Å²) < 4.78 is 23.4. The van der Waals surface area contributed by atoms with Crippen LogP contribution < -0.4 is 11.1 Å². The van der Waals surface area contributed by atoms with Gasteiger partial charge in [0.2, 0.25) is 5.91 Å². The molecule has 1 unspecified atom stereocenters. The second-order valence-corrected chi connectivity index (χ2v) is 7.58. The van der Waals surface area contributed by atoms with Gasteiger partial charge in [-0.3, -0.25) is 4.79 Å². The van der Waals surface area contributed by atoms with Crippen LogP contribution in [-0.2, 0) is 14.6 Å². The third kappa shape index (κ3) is 7.49. The topological polar surface area (TPSA) is 92.5 Å². The van der Waals surface area contributed by atoms with E-state index in [0.717, 1.165) is 19.5 Å². The smallest absolute Gasteiger partial charge is 0.218 e. The fourth-order valence-electron chi connectivity index (χ4n) is 2.20. The molecule has 1 rings (SSSR count). The Balaban J connectivity index is 2.24. The van der Waals surface area contributed by atoms with Crippen LogP contribution in [0.15, 0.2) is 0 Å². The lowest BCUT2D eigenvalue weighted by atomic mass is 10.0. The van der Waals surface area contributed by atoms with E-state index in [9.17, 15) is 13.2 Å². The zero-order valence-corrected chi connectivity index (χ0v) is 12.4. The van der Waals surface area contributed by atoms with Gasteiger partial charge in [-0.15, -0.1) is 0 Å². The molecule has 19 heavy (non-hydrogen) atoms. The molecule has 6 nitrogen and oxygen atoms in total. The number of carbonyl (C=O) groups is 1. The zero-order chi connectivity index (χ0) is 14.3. The molecular formula is C12H25N3O3S. The summed E-state index contributed by atoms with van der Waals surface area (Å²) in [5.74, 6) is -0.621. The molecule has 0 aliphatic carbocycles. The van der Waals surface area contributed by atoms with Crippen molar-refractivity contribution in [3.8, 4) is 0 Å². The van der Waals surface area contributed by atoms with Crippen LogP contribution >= 0.6 is 0 Å². The number of likely N-dealkylation sites (N-methyl/N-ethyl adjacent to an activating group) is 1. The highest BCUT2D eigenvalue weighted by molar-refractivity contribution is 7.91. The fourth-order valence-corrected chi connectivity index (χ4v) is 3.51. The zero-order valence-electron chi connectivity index (χ0n) is 11.6. The molecule has 1 atom stereocenters. The Morgan fingerprint density at radius 1 is 1.37 bits per heavy atom. The summed E-state index contributed by atoms with van der Waals surface area (Å²) in [5.41, 5.74) is 4.96. The standard InChI is InChI=1S/C12H25N3O3S/c1-15(10-11-4-2-3-6-14-11)7-9-19(17,18)8-5-12(13)16/h11,14H,2-10H2,1H3,(H2,13,16). The maximum Gasteiger partial charge on any atom is 0.218 e. The number of amides is 1. The van der Waals surface area contributed by atoms with Crippen molar-refractivity contribution in [2.45, 2.75) is 31.7 Å². The van der Waals surface area contributed by atoms with Gasteiger partial charge >= 0.3 is 0 Å². The Hall–Kier alpha value is -0.660. The van der Waals surface area contributed by atoms with Crippen LogP contribution in [0.1, 0.15) is 25.7 Å². The largest absolute Gasteiger partial charge is 0.370 e. The summed E-state index contributed by atoms with van der Waals surface area (Å²) in [6.07, 6.45) is 3.53. The number of nitrogens with two attached hydrogens (primary N) is 1. The van der Waals surface area contributed by atoms with Crippen LogP contribution in [0, 0.1) is 0 Å². The number of sulfone groups is 1. The van der Waals surface area contributed by atoms with Gasteiger partial charge in [0, 0.05) is 25.6 Å². The van der Waals surface area contributed by atoms with Gasteiger partial charge in [0.15, 0.2) is 9.84 Å². The van der Waals surface area contributed by atoms with Crippen LogP contribution in [0.4, 0.5) is 0 Å². The van der Waals surface area contributed by atoms with Crippen molar-refractivity contribution in [2.75, 3.05) is 38.2 Å². The van der Waals surface area contributed by atoms with Crippen LogP contribution in [0.5, 0.6) is 0 Å². The first-order valence-corrected chi connectivity index (χ1v) is 8.62. The van der Waals surface area contributed by atoms with E-state index in [1.807, 2.05) is 11.9 Å². The number of primary amides is 1. The summed E-state index contributed by atoms with van der Waals surface area (Å²) in [6.45, 7) is 2.42. The average molecular weight is 291 g/mol. The summed E-state index contributed by atoms with van der Waals surface area (Å²) in [7, 11) is -1.24. The fraction of sp³-hybridized carbons (Fsp3) is 0.917. The van der Waals surface area contributed by atoms with Crippen molar-refractivity contribution >= 4 is 15.7 Å². The van der Waals surface area contributed by atoms with E-state index in [4.69, 9.17) is 5.73 Å². The lowest BCUT2D eigenvalue weighted by molar-refractivity contribution is -0.117. The van der Waals surface area contributed by atoms with Crippen molar-refractivity contribution in [3.63, 3.8) is 0 Å². The van der Waals surface area contributed by atoms with Gasteiger partial charge in [-0.05, 0) is 26.4 Å². The molecule has 0 spiro atoms. The maximum atomic E-state index is 11.7. The van der Waals surface area contributed by atoms with Gasteiger partial charge in [0.05, 0.1) is 11.5 Å². The normalized spacial score (nSPS) is 20.6. The molecule has 1 aliphatic rings. The second-order valence-electron chi connectivity index (χ2n) is 5.28. The molecule has 7 heteroatoms. The van der Waals surface area contributed by atoms with Gasteiger partial charge in [-0.1, -0.05) is 6.42 Å². The van der Waals surface area contributed by atoms with Crippen molar-refractivity contribution in [1.82, 2.24) is 10.2 Å². The minimum Gasteiger partial charge on any atom is -0.370 e. The number of rotatable bonds is 8. The van der Waals surface area contributed by atoms with E-state index in [0.29, 0.717) is 12.6 Å². The van der Waals surface area contributed by atoms with E-state index in [-0.39, 0.29) is 17.9 Å². The molecule has 1 fully saturated rings. The van der Waals surface area contributed by atoms with Gasteiger partial charge < -0.3 is 16.0 Å². The maximum absolute atomic E-state index is 11.7. The molecule has 0 bridgehead atoms. The number of nitrogens with one attached hydrogen (secondary N) is 1. The van der Waals surface area contributed by atoms with E-state index in [2.05, 4.69) is 5.32 Å². The van der Waals surface area contributed by atoms with Crippen LogP contribution in [0.3, 0.4) is 0 Å². The van der Waals surface area contributed by atoms with Gasteiger partial charge in [0.25, 0.3) is 0 Å². The molecule has 112 valence electrons.